The summed E-state index contributed by atoms with van der Waals surface area (Å²) in [4.78, 5) is 27.1. The molecule has 0 saturated carbocycles. The van der Waals surface area contributed by atoms with Crippen molar-refractivity contribution in [1.82, 2.24) is 4.90 Å². The lowest BCUT2D eigenvalue weighted by atomic mass is 10.0. The Morgan fingerprint density at radius 2 is 2.00 bits per heavy atom. The number of Topliss-reactive ketones (excluding diaryl/α,β-unsaturated/α-hetero) is 1. The molecular weight excluding hydrogens is 329 g/mol. The number of thiophene rings is 1. The smallest absolute Gasteiger partial charge is 0.290 e. The molecule has 1 aromatic carbocycles. The molecule has 1 amide bonds. The van der Waals surface area contributed by atoms with Crippen LogP contribution in [0, 0.1) is 5.82 Å². The Hall–Kier alpha value is -2.47. The molecule has 0 spiro atoms. The Bertz CT molecular complexity index is 796. The number of benzene rings is 1. The molecule has 1 unspecified atom stereocenters. The maximum Gasteiger partial charge on any atom is 0.290 e. The van der Waals surface area contributed by atoms with E-state index >= 15 is 0 Å². The average molecular weight is 345 g/mol. The van der Waals surface area contributed by atoms with Crippen LogP contribution in [0.15, 0.2) is 53.1 Å². The molecule has 1 aliphatic heterocycles. The largest absolute Gasteiger partial charge is 0.503 e. The average Bonchev–Trinajstić information content (AvgIpc) is 3.18. The number of hydrogen-bond donors (Lipinski definition) is 1. The first kappa shape index (κ1) is 16.4. The van der Waals surface area contributed by atoms with Gasteiger partial charge in [0.05, 0.1) is 11.6 Å². The van der Waals surface area contributed by atoms with E-state index in [4.69, 9.17) is 0 Å². The van der Waals surface area contributed by atoms with Gasteiger partial charge in [0, 0.05) is 17.8 Å². The SMILES string of the molecule is CCC(=O)C1=C(O)C(=O)N(Cc2ccc(F)cc2)C1c1cccs1. The van der Waals surface area contributed by atoms with E-state index in [9.17, 15) is 19.1 Å². The lowest BCUT2D eigenvalue weighted by Gasteiger charge is -2.25. The molecule has 0 bridgehead atoms. The Morgan fingerprint density at radius 3 is 2.58 bits per heavy atom. The third-order valence-corrected chi connectivity index (χ3v) is 4.93. The summed E-state index contributed by atoms with van der Waals surface area (Å²) >= 11 is 1.42. The van der Waals surface area contributed by atoms with Crippen LogP contribution in [-0.2, 0) is 16.1 Å². The van der Waals surface area contributed by atoms with Gasteiger partial charge in [-0.1, -0.05) is 25.1 Å². The number of carbonyl (C=O) groups is 2. The number of nitrogens with zero attached hydrogens (tertiary/aromatic N) is 1. The van der Waals surface area contributed by atoms with E-state index in [1.165, 1.54) is 28.4 Å². The highest BCUT2D eigenvalue weighted by molar-refractivity contribution is 7.10. The molecule has 1 aliphatic rings. The standard InChI is InChI=1S/C18H16FNO3S/c1-2-13(21)15-16(14-4-3-9-24-14)20(18(23)17(15)22)10-11-5-7-12(19)8-6-11/h3-9,16,22H,2,10H2,1H3. The highest BCUT2D eigenvalue weighted by Crippen LogP contribution is 2.40. The quantitative estimate of drug-likeness (QED) is 0.898. The van der Waals surface area contributed by atoms with Gasteiger partial charge < -0.3 is 10.0 Å². The summed E-state index contributed by atoms with van der Waals surface area (Å²) in [5, 5.41) is 12.1. The van der Waals surface area contributed by atoms with Crippen molar-refractivity contribution in [3.63, 3.8) is 0 Å². The maximum atomic E-state index is 13.1. The summed E-state index contributed by atoms with van der Waals surface area (Å²) in [6.07, 6.45) is 0.207. The summed E-state index contributed by atoms with van der Waals surface area (Å²) in [5.74, 6) is -1.66. The fraction of sp³-hybridized carbons (Fsp3) is 0.222. The lowest BCUT2D eigenvalue weighted by Crippen LogP contribution is -2.30. The second-order valence-corrected chi connectivity index (χ2v) is 6.50. The van der Waals surface area contributed by atoms with E-state index in [1.54, 1.807) is 19.1 Å². The predicted octanol–water partition coefficient (Wildman–Crippen LogP) is 3.76. The molecule has 124 valence electrons. The second kappa shape index (κ2) is 6.57. The molecule has 1 aromatic heterocycles. The van der Waals surface area contributed by atoms with Crippen LogP contribution in [0.3, 0.4) is 0 Å². The third-order valence-electron chi connectivity index (χ3n) is 4.00. The van der Waals surface area contributed by atoms with Crippen molar-refractivity contribution in [2.45, 2.75) is 25.9 Å². The highest BCUT2D eigenvalue weighted by atomic mass is 32.1. The molecule has 6 heteroatoms. The zero-order valence-corrected chi connectivity index (χ0v) is 13.8. The number of carbonyl (C=O) groups excluding carboxylic acids is 2. The summed E-state index contributed by atoms with van der Waals surface area (Å²) in [5.41, 5.74) is 0.872. The molecular formula is C18H16FNO3S. The Labute approximate surface area is 142 Å². The molecule has 2 heterocycles. The van der Waals surface area contributed by atoms with Crippen molar-refractivity contribution >= 4 is 23.0 Å². The van der Waals surface area contributed by atoms with E-state index in [-0.39, 0.29) is 30.1 Å². The number of aliphatic hydroxyl groups is 1. The summed E-state index contributed by atoms with van der Waals surface area (Å²) in [6, 6.07) is 8.89. The van der Waals surface area contributed by atoms with E-state index in [0.717, 1.165) is 10.4 Å². The number of hydrogen-bond acceptors (Lipinski definition) is 4. The summed E-state index contributed by atoms with van der Waals surface area (Å²) < 4.78 is 13.1. The molecule has 1 N–H and O–H groups in total. The molecule has 0 aliphatic carbocycles. The number of halogens is 1. The number of ketones is 1. The summed E-state index contributed by atoms with van der Waals surface area (Å²) in [7, 11) is 0. The van der Waals surface area contributed by atoms with E-state index in [2.05, 4.69) is 0 Å². The van der Waals surface area contributed by atoms with Gasteiger partial charge in [0.2, 0.25) is 0 Å². The van der Waals surface area contributed by atoms with Crippen molar-refractivity contribution in [3.8, 4) is 0 Å². The van der Waals surface area contributed by atoms with Crippen molar-refractivity contribution < 1.29 is 19.1 Å². The third kappa shape index (κ3) is 2.85. The first-order chi connectivity index (χ1) is 11.5. The molecule has 0 saturated heterocycles. The molecule has 2 aromatic rings. The summed E-state index contributed by atoms with van der Waals surface area (Å²) in [6.45, 7) is 1.88. The zero-order valence-electron chi connectivity index (χ0n) is 13.0. The Balaban J connectivity index is 2.00. The minimum atomic E-state index is -0.602. The topological polar surface area (TPSA) is 57.6 Å². The van der Waals surface area contributed by atoms with E-state index in [1.807, 2.05) is 17.5 Å². The Morgan fingerprint density at radius 1 is 1.29 bits per heavy atom. The van der Waals surface area contributed by atoms with Crippen LogP contribution < -0.4 is 0 Å². The second-order valence-electron chi connectivity index (χ2n) is 5.52. The van der Waals surface area contributed by atoms with Crippen LogP contribution in [0.1, 0.15) is 29.8 Å². The van der Waals surface area contributed by atoms with Crippen LogP contribution in [0.2, 0.25) is 0 Å². The number of rotatable bonds is 5. The molecule has 4 nitrogen and oxygen atoms in total. The molecule has 3 rings (SSSR count). The first-order valence-electron chi connectivity index (χ1n) is 7.58. The fourth-order valence-electron chi connectivity index (χ4n) is 2.82. The molecule has 0 fully saturated rings. The van der Waals surface area contributed by atoms with Crippen LogP contribution in [0.4, 0.5) is 4.39 Å². The van der Waals surface area contributed by atoms with Crippen molar-refractivity contribution in [2.75, 3.05) is 0 Å². The highest BCUT2D eigenvalue weighted by Gasteiger charge is 2.43. The van der Waals surface area contributed by atoms with Crippen LogP contribution in [-0.4, -0.2) is 21.7 Å². The van der Waals surface area contributed by atoms with E-state index < -0.39 is 17.7 Å². The minimum absolute atomic E-state index is 0.145. The number of aliphatic hydroxyl groups excluding tert-OH is 1. The lowest BCUT2D eigenvalue weighted by molar-refractivity contribution is -0.130. The Kier molecular flexibility index (Phi) is 4.49. The van der Waals surface area contributed by atoms with Gasteiger partial charge in [0.15, 0.2) is 11.5 Å². The monoisotopic (exact) mass is 345 g/mol. The van der Waals surface area contributed by atoms with Crippen molar-refractivity contribution in [2.24, 2.45) is 0 Å². The van der Waals surface area contributed by atoms with Crippen molar-refractivity contribution in [1.29, 1.82) is 0 Å². The molecule has 1 atom stereocenters. The van der Waals surface area contributed by atoms with Gasteiger partial charge in [-0.3, -0.25) is 9.59 Å². The van der Waals surface area contributed by atoms with Crippen molar-refractivity contribution in [3.05, 3.63) is 69.4 Å². The molecule has 0 radical (unpaired) electrons. The minimum Gasteiger partial charge on any atom is -0.503 e. The van der Waals surface area contributed by atoms with Crippen LogP contribution >= 0.6 is 11.3 Å². The van der Waals surface area contributed by atoms with Crippen LogP contribution in [0.5, 0.6) is 0 Å². The maximum absolute atomic E-state index is 13.1. The zero-order chi connectivity index (χ0) is 17.3. The van der Waals surface area contributed by atoms with Gasteiger partial charge in [-0.05, 0) is 29.1 Å². The van der Waals surface area contributed by atoms with Gasteiger partial charge in [-0.15, -0.1) is 11.3 Å². The fourth-order valence-corrected chi connectivity index (χ4v) is 3.67. The number of amides is 1. The van der Waals surface area contributed by atoms with Gasteiger partial charge >= 0.3 is 0 Å². The van der Waals surface area contributed by atoms with Gasteiger partial charge in [0.25, 0.3) is 5.91 Å². The predicted molar refractivity (Wildman–Crippen MR) is 89.0 cm³/mol. The van der Waals surface area contributed by atoms with E-state index in [0.29, 0.717) is 0 Å². The molecule has 24 heavy (non-hydrogen) atoms. The van der Waals surface area contributed by atoms with Gasteiger partial charge in [-0.2, -0.15) is 0 Å². The van der Waals surface area contributed by atoms with Gasteiger partial charge in [0.1, 0.15) is 5.82 Å². The normalized spacial score (nSPS) is 17.7. The van der Waals surface area contributed by atoms with Gasteiger partial charge in [-0.25, -0.2) is 4.39 Å². The van der Waals surface area contributed by atoms with Crippen LogP contribution in [0.25, 0.3) is 0 Å². The first-order valence-corrected chi connectivity index (χ1v) is 8.46.